The van der Waals surface area contributed by atoms with Crippen LogP contribution in [0.2, 0.25) is 0 Å². The lowest BCUT2D eigenvalue weighted by Gasteiger charge is -2.32. The molecule has 2 aromatic rings. The number of rotatable bonds is 4. The van der Waals surface area contributed by atoms with Gasteiger partial charge in [0, 0.05) is 13.5 Å². The van der Waals surface area contributed by atoms with Crippen molar-refractivity contribution >= 4 is 29.9 Å². The molecule has 1 fully saturated rings. The lowest BCUT2D eigenvalue weighted by Crippen LogP contribution is -2.41. The van der Waals surface area contributed by atoms with Crippen LogP contribution in [0.3, 0.4) is 0 Å². The van der Waals surface area contributed by atoms with Crippen molar-refractivity contribution < 1.29 is 19.2 Å². The molecule has 2 N–H and O–H groups in total. The van der Waals surface area contributed by atoms with Gasteiger partial charge in [0.25, 0.3) is 0 Å². The highest BCUT2D eigenvalue weighted by molar-refractivity contribution is 6.56. The molecule has 0 aliphatic carbocycles. The zero-order valence-electron chi connectivity index (χ0n) is 16.5. The van der Waals surface area contributed by atoms with Crippen LogP contribution in [-0.4, -0.2) is 35.9 Å². The van der Waals surface area contributed by atoms with E-state index in [0.29, 0.717) is 6.54 Å². The number of phenols is 1. The molecule has 6 heteroatoms. The van der Waals surface area contributed by atoms with E-state index in [4.69, 9.17) is 9.31 Å². The molecule has 0 spiro atoms. The molecule has 0 unspecified atom stereocenters. The quantitative estimate of drug-likeness (QED) is 0.809. The van der Waals surface area contributed by atoms with E-state index in [1.807, 2.05) is 58.0 Å². The summed E-state index contributed by atoms with van der Waals surface area (Å²) in [5, 5.41) is 14.6. The summed E-state index contributed by atoms with van der Waals surface area (Å²) in [6, 6.07) is 11.3. The van der Waals surface area contributed by atoms with Gasteiger partial charge >= 0.3 is 7.12 Å². The second-order valence-corrected chi connectivity index (χ2v) is 8.01. The number of carbonyl (C=O) groups is 1. The van der Waals surface area contributed by atoms with Gasteiger partial charge in [-0.3, -0.25) is 4.79 Å². The molecular weight excluding hydrogens is 341 g/mol. The van der Waals surface area contributed by atoms with Crippen molar-refractivity contribution in [2.45, 2.75) is 45.8 Å². The number of nitrogens with one attached hydrogen (secondary N) is 1. The number of aromatic hydroxyl groups is 1. The van der Waals surface area contributed by atoms with Crippen molar-refractivity contribution in [3.05, 3.63) is 47.4 Å². The number of carbonyl (C=O) groups excluding carboxylic acids is 1. The van der Waals surface area contributed by atoms with Crippen LogP contribution in [0, 0.1) is 0 Å². The average Bonchev–Trinajstić information content (AvgIpc) is 2.78. The van der Waals surface area contributed by atoms with Gasteiger partial charge < -0.3 is 19.7 Å². The van der Waals surface area contributed by atoms with E-state index in [9.17, 15) is 9.90 Å². The van der Waals surface area contributed by atoms with Crippen molar-refractivity contribution in [3.8, 4) is 5.75 Å². The Hall–Kier alpha value is -2.31. The molecule has 1 aliphatic rings. The Bertz CT molecular complexity index is 888. The standard InChI is InChI=1S/C21H26BNO4/c1-14(24)23-13-18(22-26-20(2,3)21(4,5)27-22)11-15-6-7-16-8-9-19(25)12-17(16)10-15/h6-12,25H,13H2,1-5H3,(H,23,24). The van der Waals surface area contributed by atoms with E-state index in [-0.39, 0.29) is 11.7 Å². The zero-order valence-corrected chi connectivity index (χ0v) is 16.5. The van der Waals surface area contributed by atoms with Gasteiger partial charge in [0.15, 0.2) is 0 Å². The minimum atomic E-state index is -0.540. The molecule has 2 aromatic carbocycles. The molecule has 0 atom stereocenters. The van der Waals surface area contributed by atoms with E-state index >= 15 is 0 Å². The minimum absolute atomic E-state index is 0.110. The number of hydrogen-bond acceptors (Lipinski definition) is 4. The molecule has 1 saturated heterocycles. The molecule has 0 aromatic heterocycles. The van der Waals surface area contributed by atoms with Crippen LogP contribution in [-0.2, 0) is 14.1 Å². The van der Waals surface area contributed by atoms with Crippen molar-refractivity contribution in [2.75, 3.05) is 6.54 Å². The Morgan fingerprint density at radius 2 is 1.70 bits per heavy atom. The lowest BCUT2D eigenvalue weighted by molar-refractivity contribution is -0.118. The molecule has 5 nitrogen and oxygen atoms in total. The van der Waals surface area contributed by atoms with Crippen molar-refractivity contribution in [3.63, 3.8) is 0 Å². The first-order chi connectivity index (χ1) is 12.6. The van der Waals surface area contributed by atoms with Crippen LogP contribution in [0.4, 0.5) is 0 Å². The monoisotopic (exact) mass is 367 g/mol. The molecule has 1 heterocycles. The lowest BCUT2D eigenvalue weighted by atomic mass is 9.77. The van der Waals surface area contributed by atoms with Crippen molar-refractivity contribution in [1.29, 1.82) is 0 Å². The number of hydrogen-bond donors (Lipinski definition) is 2. The molecule has 27 heavy (non-hydrogen) atoms. The largest absolute Gasteiger partial charge is 0.508 e. The molecule has 1 amide bonds. The number of fused-ring (bicyclic) bond motifs is 1. The second kappa shape index (κ2) is 7.02. The summed E-state index contributed by atoms with van der Waals surface area (Å²) < 4.78 is 12.3. The summed E-state index contributed by atoms with van der Waals surface area (Å²) in [5.74, 6) is 0.119. The molecule has 0 radical (unpaired) electrons. The van der Waals surface area contributed by atoms with Gasteiger partial charge in [0.1, 0.15) is 5.75 Å². The van der Waals surface area contributed by atoms with Gasteiger partial charge in [-0.05, 0) is 67.7 Å². The highest BCUT2D eigenvalue weighted by atomic mass is 16.7. The van der Waals surface area contributed by atoms with E-state index in [1.54, 1.807) is 12.1 Å². The summed E-state index contributed by atoms with van der Waals surface area (Å²) in [5.41, 5.74) is 0.871. The summed E-state index contributed by atoms with van der Waals surface area (Å²) in [7, 11) is -0.540. The number of benzene rings is 2. The van der Waals surface area contributed by atoms with Crippen LogP contribution in [0.25, 0.3) is 16.8 Å². The molecule has 142 valence electrons. The highest BCUT2D eigenvalue weighted by Crippen LogP contribution is 2.38. The fourth-order valence-electron chi connectivity index (χ4n) is 2.98. The maximum atomic E-state index is 11.4. The third kappa shape index (κ3) is 4.17. The molecule has 1 aliphatic heterocycles. The predicted molar refractivity (Wildman–Crippen MR) is 108 cm³/mol. The van der Waals surface area contributed by atoms with Crippen LogP contribution >= 0.6 is 0 Å². The Morgan fingerprint density at radius 3 is 2.33 bits per heavy atom. The zero-order chi connectivity index (χ0) is 19.8. The topological polar surface area (TPSA) is 67.8 Å². The van der Waals surface area contributed by atoms with E-state index in [0.717, 1.165) is 21.8 Å². The van der Waals surface area contributed by atoms with E-state index in [2.05, 4.69) is 5.32 Å². The van der Waals surface area contributed by atoms with Gasteiger partial charge in [-0.2, -0.15) is 0 Å². The Labute approximate surface area is 160 Å². The highest BCUT2D eigenvalue weighted by Gasteiger charge is 2.52. The van der Waals surface area contributed by atoms with Crippen LogP contribution in [0.5, 0.6) is 5.75 Å². The second-order valence-electron chi connectivity index (χ2n) is 8.01. The van der Waals surface area contributed by atoms with Crippen LogP contribution < -0.4 is 5.32 Å². The first-order valence-corrected chi connectivity index (χ1v) is 9.11. The van der Waals surface area contributed by atoms with Crippen LogP contribution in [0.15, 0.2) is 41.9 Å². The molecule has 3 rings (SSSR count). The molecular formula is C21H26BNO4. The predicted octanol–water partition coefficient (Wildman–Crippen LogP) is 3.70. The van der Waals surface area contributed by atoms with Crippen LogP contribution in [0.1, 0.15) is 40.2 Å². The normalized spacial score (nSPS) is 18.7. The van der Waals surface area contributed by atoms with Gasteiger partial charge in [0.05, 0.1) is 11.2 Å². The van der Waals surface area contributed by atoms with Gasteiger partial charge in [0.2, 0.25) is 5.91 Å². The maximum Gasteiger partial charge on any atom is 0.492 e. The maximum absolute atomic E-state index is 11.4. The summed E-state index contributed by atoms with van der Waals surface area (Å²) in [4.78, 5) is 11.4. The fourth-order valence-corrected chi connectivity index (χ4v) is 2.98. The van der Waals surface area contributed by atoms with Crippen molar-refractivity contribution in [1.82, 2.24) is 5.32 Å². The fraction of sp³-hybridized carbons (Fsp3) is 0.381. The van der Waals surface area contributed by atoms with E-state index in [1.165, 1.54) is 6.92 Å². The molecule has 0 saturated carbocycles. The van der Waals surface area contributed by atoms with E-state index < -0.39 is 18.3 Å². The minimum Gasteiger partial charge on any atom is -0.508 e. The summed E-state index contributed by atoms with van der Waals surface area (Å²) in [6.07, 6.45) is 1.97. The molecule has 0 bridgehead atoms. The Balaban J connectivity index is 1.96. The first kappa shape index (κ1) is 19.5. The Kier molecular flexibility index (Phi) is 5.06. The SMILES string of the molecule is CC(=O)NCC(=Cc1ccc2ccc(O)cc2c1)B1OC(C)(C)C(C)(C)O1. The van der Waals surface area contributed by atoms with Crippen molar-refractivity contribution in [2.24, 2.45) is 0 Å². The van der Waals surface area contributed by atoms with Gasteiger partial charge in [-0.1, -0.05) is 24.3 Å². The smallest absolute Gasteiger partial charge is 0.492 e. The summed E-state index contributed by atoms with van der Waals surface area (Å²) >= 11 is 0. The third-order valence-corrected chi connectivity index (χ3v) is 5.30. The summed E-state index contributed by atoms with van der Waals surface area (Å²) in [6.45, 7) is 9.83. The Morgan fingerprint density at radius 1 is 1.07 bits per heavy atom. The number of phenolic OH excluding ortho intramolecular Hbond substituents is 1. The van der Waals surface area contributed by atoms with Gasteiger partial charge in [-0.15, -0.1) is 0 Å². The number of amides is 1. The van der Waals surface area contributed by atoms with Gasteiger partial charge in [-0.25, -0.2) is 0 Å². The third-order valence-electron chi connectivity index (χ3n) is 5.30. The average molecular weight is 367 g/mol. The first-order valence-electron chi connectivity index (χ1n) is 9.11.